The van der Waals surface area contributed by atoms with Gasteiger partial charge in [0.25, 0.3) is 0 Å². The Kier molecular flexibility index (Phi) is 4.36. The van der Waals surface area contributed by atoms with Crippen LogP contribution in [0.5, 0.6) is 0 Å². The van der Waals surface area contributed by atoms with Crippen LogP contribution < -0.4 is 5.32 Å². The first kappa shape index (κ1) is 15.7. The number of hydrogen-bond donors (Lipinski definition) is 1. The first-order valence-corrected chi connectivity index (χ1v) is 9.93. The smallest absolute Gasteiger partial charge is 0.148 e. The molecule has 0 aromatic carbocycles. The molecule has 7 heteroatoms. The predicted molar refractivity (Wildman–Crippen MR) is 86.5 cm³/mol. The Morgan fingerprint density at radius 2 is 2.14 bits per heavy atom. The van der Waals surface area contributed by atoms with Crippen molar-refractivity contribution < 1.29 is 8.42 Å². The van der Waals surface area contributed by atoms with Gasteiger partial charge in [-0.1, -0.05) is 0 Å². The second kappa shape index (κ2) is 6.12. The van der Waals surface area contributed by atoms with E-state index in [2.05, 4.69) is 20.2 Å². The second-order valence-electron chi connectivity index (χ2n) is 6.63. The number of rotatable bonds is 6. The minimum Gasteiger partial charge on any atom is -0.366 e. The molecule has 1 saturated heterocycles. The normalized spacial score (nSPS) is 26.3. The maximum Gasteiger partial charge on any atom is 0.148 e. The van der Waals surface area contributed by atoms with Gasteiger partial charge in [-0.3, -0.25) is 4.90 Å². The highest BCUT2D eigenvalue weighted by atomic mass is 32.2. The van der Waals surface area contributed by atoms with E-state index in [9.17, 15) is 8.42 Å². The summed E-state index contributed by atoms with van der Waals surface area (Å²) in [7, 11) is -2.90. The summed E-state index contributed by atoms with van der Waals surface area (Å²) in [4.78, 5) is 10.8. The van der Waals surface area contributed by atoms with E-state index in [0.29, 0.717) is 18.5 Å². The molecule has 0 radical (unpaired) electrons. The molecular formula is C15H24N4O2S. The lowest BCUT2D eigenvalue weighted by atomic mass is 9.98. The molecule has 1 aliphatic carbocycles. The van der Waals surface area contributed by atoms with Crippen molar-refractivity contribution in [1.82, 2.24) is 14.9 Å². The van der Waals surface area contributed by atoms with Gasteiger partial charge >= 0.3 is 0 Å². The molecule has 2 atom stereocenters. The summed E-state index contributed by atoms with van der Waals surface area (Å²) in [6.07, 6.45) is 5.67. The molecule has 3 rings (SSSR count). The summed E-state index contributed by atoms with van der Waals surface area (Å²) in [6.45, 7) is 4.39. The quantitative estimate of drug-likeness (QED) is 0.840. The van der Waals surface area contributed by atoms with Crippen molar-refractivity contribution >= 4 is 15.7 Å². The first-order chi connectivity index (χ1) is 10.4. The summed E-state index contributed by atoms with van der Waals surface area (Å²) in [5.41, 5.74) is 0. The molecule has 0 spiro atoms. The Morgan fingerprint density at radius 1 is 1.36 bits per heavy atom. The zero-order chi connectivity index (χ0) is 15.7. The number of nitrogens with one attached hydrogen (secondary N) is 1. The summed E-state index contributed by atoms with van der Waals surface area (Å²) in [6, 6.07) is 2.25. The Hall–Kier alpha value is -1.21. The molecular weight excluding hydrogens is 300 g/mol. The van der Waals surface area contributed by atoms with Gasteiger partial charge in [0.05, 0.1) is 5.75 Å². The number of aromatic nitrogens is 2. The van der Waals surface area contributed by atoms with Crippen molar-refractivity contribution in [3.8, 4) is 0 Å². The van der Waals surface area contributed by atoms with Crippen LogP contribution in [-0.4, -0.2) is 61.0 Å². The lowest BCUT2D eigenvalue weighted by molar-refractivity contribution is 0.334. The molecule has 2 fully saturated rings. The molecule has 22 heavy (non-hydrogen) atoms. The Balaban J connectivity index is 1.64. The van der Waals surface area contributed by atoms with Crippen LogP contribution in [0.25, 0.3) is 0 Å². The van der Waals surface area contributed by atoms with Gasteiger partial charge in [0.1, 0.15) is 21.5 Å². The van der Waals surface area contributed by atoms with Crippen molar-refractivity contribution in [3.05, 3.63) is 18.1 Å². The van der Waals surface area contributed by atoms with Gasteiger partial charge in [-0.25, -0.2) is 18.4 Å². The fourth-order valence-corrected chi connectivity index (χ4v) is 3.86. The predicted octanol–water partition coefficient (Wildman–Crippen LogP) is 0.952. The lowest BCUT2D eigenvalue weighted by Crippen LogP contribution is -2.31. The number of aryl methyl sites for hydroxylation is 1. The third kappa shape index (κ3) is 4.16. The SMILES string of the molecule is Cc1nccc(N[C@@H]2CN(CCS(C)(=O)=O)C[C@H]2C2CC2)n1. The maximum atomic E-state index is 11.4. The second-order valence-corrected chi connectivity index (χ2v) is 8.89. The van der Waals surface area contributed by atoms with Crippen LogP contribution in [0.4, 0.5) is 5.82 Å². The first-order valence-electron chi connectivity index (χ1n) is 7.87. The minimum atomic E-state index is -2.90. The molecule has 2 heterocycles. The van der Waals surface area contributed by atoms with Crippen LogP contribution in [0.3, 0.4) is 0 Å². The van der Waals surface area contributed by atoms with Crippen LogP contribution in [0.2, 0.25) is 0 Å². The number of anilines is 1. The van der Waals surface area contributed by atoms with Gasteiger partial charge < -0.3 is 5.32 Å². The highest BCUT2D eigenvalue weighted by molar-refractivity contribution is 7.90. The van der Waals surface area contributed by atoms with Gasteiger partial charge in [-0.15, -0.1) is 0 Å². The molecule has 1 aromatic heterocycles. The summed E-state index contributed by atoms with van der Waals surface area (Å²) >= 11 is 0. The molecule has 0 amide bonds. The molecule has 2 aliphatic rings. The minimum absolute atomic E-state index is 0.240. The van der Waals surface area contributed by atoms with Crippen molar-refractivity contribution in [2.45, 2.75) is 25.8 Å². The monoisotopic (exact) mass is 324 g/mol. The fraction of sp³-hybridized carbons (Fsp3) is 0.733. The lowest BCUT2D eigenvalue weighted by Gasteiger charge is -2.20. The summed E-state index contributed by atoms with van der Waals surface area (Å²) in [5, 5.41) is 3.54. The summed E-state index contributed by atoms with van der Waals surface area (Å²) < 4.78 is 22.7. The van der Waals surface area contributed by atoms with Gasteiger partial charge in [0, 0.05) is 38.1 Å². The topological polar surface area (TPSA) is 75.2 Å². The largest absolute Gasteiger partial charge is 0.366 e. The summed E-state index contributed by atoms with van der Waals surface area (Å²) in [5.74, 6) is 3.25. The molecule has 1 N–H and O–H groups in total. The molecule has 122 valence electrons. The van der Waals surface area contributed by atoms with Crippen LogP contribution in [-0.2, 0) is 9.84 Å². The molecule has 1 saturated carbocycles. The van der Waals surface area contributed by atoms with Gasteiger partial charge in [0.15, 0.2) is 0 Å². The average Bonchev–Trinajstić information content (AvgIpc) is 3.18. The van der Waals surface area contributed by atoms with Crippen LogP contribution in [0, 0.1) is 18.8 Å². The number of likely N-dealkylation sites (tertiary alicyclic amines) is 1. The van der Waals surface area contributed by atoms with Crippen molar-refractivity contribution in [2.75, 3.05) is 37.0 Å². The van der Waals surface area contributed by atoms with Crippen LogP contribution in [0.15, 0.2) is 12.3 Å². The van der Waals surface area contributed by atoms with E-state index in [1.54, 1.807) is 6.20 Å². The van der Waals surface area contributed by atoms with E-state index >= 15 is 0 Å². The Morgan fingerprint density at radius 3 is 2.77 bits per heavy atom. The number of hydrogen-bond acceptors (Lipinski definition) is 6. The standard InChI is InChI=1S/C15H24N4O2S/c1-11-16-6-5-15(17-11)18-14-10-19(7-8-22(2,20)21)9-13(14)12-3-4-12/h5-6,12-14H,3-4,7-10H2,1-2H3,(H,16,17,18)/t13-,14+/m0/s1. The Bertz CT molecular complexity index is 630. The number of nitrogens with zero attached hydrogens (tertiary/aromatic N) is 3. The highest BCUT2D eigenvalue weighted by Gasteiger charge is 2.42. The molecule has 6 nitrogen and oxygen atoms in total. The Labute approximate surface area is 132 Å². The molecule has 0 bridgehead atoms. The van der Waals surface area contributed by atoms with E-state index in [0.717, 1.165) is 30.6 Å². The zero-order valence-corrected chi connectivity index (χ0v) is 14.0. The van der Waals surface area contributed by atoms with Crippen molar-refractivity contribution in [2.24, 2.45) is 11.8 Å². The van der Waals surface area contributed by atoms with Crippen molar-refractivity contribution in [1.29, 1.82) is 0 Å². The highest BCUT2D eigenvalue weighted by Crippen LogP contribution is 2.42. The van der Waals surface area contributed by atoms with E-state index < -0.39 is 9.84 Å². The zero-order valence-electron chi connectivity index (χ0n) is 13.2. The van der Waals surface area contributed by atoms with E-state index in [-0.39, 0.29) is 5.75 Å². The van der Waals surface area contributed by atoms with Gasteiger partial charge in [-0.05, 0) is 37.7 Å². The van der Waals surface area contributed by atoms with Crippen LogP contribution >= 0.6 is 0 Å². The average molecular weight is 324 g/mol. The van der Waals surface area contributed by atoms with Crippen molar-refractivity contribution in [3.63, 3.8) is 0 Å². The fourth-order valence-electron chi connectivity index (χ4n) is 3.27. The third-order valence-corrected chi connectivity index (χ3v) is 5.48. The maximum absolute atomic E-state index is 11.4. The van der Waals surface area contributed by atoms with E-state index in [1.165, 1.54) is 19.1 Å². The molecule has 0 unspecified atom stereocenters. The molecule has 1 aliphatic heterocycles. The van der Waals surface area contributed by atoms with E-state index in [1.807, 2.05) is 13.0 Å². The van der Waals surface area contributed by atoms with Gasteiger partial charge in [0.2, 0.25) is 0 Å². The van der Waals surface area contributed by atoms with E-state index in [4.69, 9.17) is 0 Å². The number of sulfone groups is 1. The third-order valence-electron chi connectivity index (χ3n) is 4.56. The van der Waals surface area contributed by atoms with Crippen LogP contribution in [0.1, 0.15) is 18.7 Å². The molecule has 1 aromatic rings. The van der Waals surface area contributed by atoms with Gasteiger partial charge in [-0.2, -0.15) is 0 Å².